The second-order valence-corrected chi connectivity index (χ2v) is 6.04. The number of esters is 1. The lowest BCUT2D eigenvalue weighted by molar-refractivity contribution is 0.0472. The maximum atomic E-state index is 11.9. The number of carbonyl (C=O) groups is 1. The minimum Gasteiger partial charge on any atom is -0.462 e. The molecule has 0 N–H and O–H groups in total. The van der Waals surface area contributed by atoms with Crippen LogP contribution in [-0.2, 0) is 16.6 Å². The van der Waals surface area contributed by atoms with Gasteiger partial charge in [0.15, 0.2) is 0 Å². The maximum Gasteiger partial charge on any atom is 0.341 e. The molecule has 0 spiro atoms. The molecule has 0 saturated carbocycles. The average molecular weight is 248 g/mol. The molecular weight excluding hydrogens is 228 g/mol. The van der Waals surface area contributed by atoms with Crippen LogP contribution in [0.25, 0.3) is 0 Å². The van der Waals surface area contributed by atoms with Crippen molar-refractivity contribution in [2.45, 2.75) is 52.4 Å². The molecule has 1 aromatic rings. The Hall–Kier alpha value is -1.45. The van der Waals surface area contributed by atoms with E-state index in [0.29, 0.717) is 18.6 Å². The van der Waals surface area contributed by atoms with Gasteiger partial charge in [-0.3, -0.25) is 0 Å². The highest BCUT2D eigenvalue weighted by Gasteiger charge is 2.31. The topological polar surface area (TPSA) is 52.1 Å². The predicted molar refractivity (Wildman–Crippen MR) is 68.8 cm³/mol. The Morgan fingerprint density at radius 3 is 2.44 bits per heavy atom. The van der Waals surface area contributed by atoms with E-state index in [9.17, 15) is 4.79 Å². The van der Waals surface area contributed by atoms with Crippen LogP contribution in [0.1, 0.15) is 68.1 Å². The van der Waals surface area contributed by atoms with Gasteiger partial charge in [-0.05, 0) is 0 Å². The van der Waals surface area contributed by atoms with Gasteiger partial charge >= 0.3 is 5.97 Å². The number of ether oxygens (including phenoxy) is 1. The third kappa shape index (κ3) is 2.24. The van der Waals surface area contributed by atoms with Crippen LogP contribution in [0.3, 0.4) is 0 Å². The molecule has 0 atom stereocenters. The largest absolute Gasteiger partial charge is 0.462 e. The second-order valence-electron chi connectivity index (χ2n) is 6.04. The highest BCUT2D eigenvalue weighted by Crippen LogP contribution is 2.29. The number of aromatic nitrogens is 2. The summed E-state index contributed by atoms with van der Waals surface area (Å²) in [6.07, 6.45) is 0.687. The normalized spacial score (nSPS) is 15.6. The quantitative estimate of drug-likeness (QED) is 0.717. The Morgan fingerprint density at radius 1 is 1.22 bits per heavy atom. The van der Waals surface area contributed by atoms with E-state index in [1.54, 1.807) is 0 Å². The minimum atomic E-state index is -0.281. The molecule has 1 aliphatic heterocycles. The number of rotatable bonds is 1. The monoisotopic (exact) mass is 248 g/mol. The molecule has 0 saturated heterocycles. The Balaban J connectivity index is 2.68. The highest BCUT2D eigenvalue weighted by molar-refractivity contribution is 5.93. The van der Waals surface area contributed by atoms with Gasteiger partial charge in [-0.1, -0.05) is 34.6 Å². The molecule has 0 fully saturated rings. The molecule has 0 bridgehead atoms. The maximum absolute atomic E-state index is 11.9. The van der Waals surface area contributed by atoms with E-state index in [1.807, 2.05) is 0 Å². The second kappa shape index (κ2) is 4.34. The van der Waals surface area contributed by atoms with Gasteiger partial charge in [0.25, 0.3) is 0 Å². The van der Waals surface area contributed by atoms with Gasteiger partial charge in [0.05, 0.1) is 18.0 Å². The average Bonchev–Trinajstić information content (AvgIpc) is 2.26. The number of nitrogens with zero attached hydrogens (tertiary/aromatic N) is 2. The fourth-order valence-electron chi connectivity index (χ4n) is 2.04. The summed E-state index contributed by atoms with van der Waals surface area (Å²) >= 11 is 0. The lowest BCUT2D eigenvalue weighted by Gasteiger charge is -2.26. The van der Waals surface area contributed by atoms with Crippen LogP contribution in [0.5, 0.6) is 0 Å². The van der Waals surface area contributed by atoms with Crippen molar-refractivity contribution in [1.82, 2.24) is 9.97 Å². The minimum absolute atomic E-state index is 0.187. The predicted octanol–water partition coefficient (Wildman–Crippen LogP) is 2.61. The first-order valence-corrected chi connectivity index (χ1v) is 6.39. The van der Waals surface area contributed by atoms with Crippen LogP contribution in [0.15, 0.2) is 0 Å². The van der Waals surface area contributed by atoms with Crippen molar-refractivity contribution in [3.8, 4) is 0 Å². The lowest BCUT2D eigenvalue weighted by atomic mass is 9.86. The van der Waals surface area contributed by atoms with Gasteiger partial charge in [-0.15, -0.1) is 0 Å². The van der Waals surface area contributed by atoms with Crippen LogP contribution < -0.4 is 0 Å². The van der Waals surface area contributed by atoms with Crippen molar-refractivity contribution in [1.29, 1.82) is 0 Å². The van der Waals surface area contributed by atoms with Gasteiger partial charge in [-0.2, -0.15) is 0 Å². The smallest absolute Gasteiger partial charge is 0.341 e. The third-order valence-corrected chi connectivity index (χ3v) is 3.00. The van der Waals surface area contributed by atoms with Gasteiger partial charge in [-0.25, -0.2) is 14.8 Å². The first kappa shape index (κ1) is 13.0. The van der Waals surface area contributed by atoms with Crippen molar-refractivity contribution >= 4 is 5.97 Å². The van der Waals surface area contributed by atoms with E-state index in [2.05, 4.69) is 44.6 Å². The molecule has 0 amide bonds. The zero-order valence-corrected chi connectivity index (χ0v) is 11.7. The van der Waals surface area contributed by atoms with Crippen LogP contribution in [0, 0.1) is 0 Å². The van der Waals surface area contributed by atoms with Crippen molar-refractivity contribution in [3.05, 3.63) is 22.8 Å². The lowest BCUT2D eigenvalue weighted by Crippen LogP contribution is -2.28. The molecule has 18 heavy (non-hydrogen) atoms. The van der Waals surface area contributed by atoms with E-state index in [1.165, 1.54) is 0 Å². The van der Waals surface area contributed by atoms with Gasteiger partial charge in [0, 0.05) is 17.8 Å². The summed E-state index contributed by atoms with van der Waals surface area (Å²) in [5, 5.41) is 0. The summed E-state index contributed by atoms with van der Waals surface area (Å²) in [4.78, 5) is 21.1. The summed E-state index contributed by atoms with van der Waals surface area (Å²) < 4.78 is 5.12. The summed E-state index contributed by atoms with van der Waals surface area (Å²) in [6.45, 7) is 10.7. The molecule has 1 aliphatic rings. The Bertz CT molecular complexity index is 487. The molecule has 2 rings (SSSR count). The van der Waals surface area contributed by atoms with Gasteiger partial charge in [0.2, 0.25) is 0 Å². The number of cyclic esters (lactones) is 1. The molecule has 0 aliphatic carbocycles. The molecule has 4 heteroatoms. The van der Waals surface area contributed by atoms with Crippen molar-refractivity contribution in [2.24, 2.45) is 0 Å². The number of fused-ring (bicyclic) bond motifs is 1. The third-order valence-electron chi connectivity index (χ3n) is 3.00. The number of hydrogen-bond donors (Lipinski definition) is 0. The van der Waals surface area contributed by atoms with E-state index in [-0.39, 0.29) is 17.3 Å². The summed E-state index contributed by atoms with van der Waals surface area (Å²) in [6, 6.07) is 0. The molecule has 0 unspecified atom stereocenters. The Morgan fingerprint density at radius 2 is 1.89 bits per heavy atom. The molecule has 4 nitrogen and oxygen atoms in total. The van der Waals surface area contributed by atoms with E-state index in [4.69, 9.17) is 4.74 Å². The van der Waals surface area contributed by atoms with Crippen LogP contribution >= 0.6 is 0 Å². The van der Waals surface area contributed by atoms with Gasteiger partial charge in [0.1, 0.15) is 11.4 Å². The molecule has 2 heterocycles. The van der Waals surface area contributed by atoms with Crippen LogP contribution in [0.2, 0.25) is 0 Å². The van der Waals surface area contributed by atoms with Crippen LogP contribution in [-0.4, -0.2) is 22.5 Å². The van der Waals surface area contributed by atoms with Crippen molar-refractivity contribution in [2.75, 3.05) is 6.61 Å². The van der Waals surface area contributed by atoms with Crippen molar-refractivity contribution < 1.29 is 9.53 Å². The molecular formula is C14H20N2O2. The first-order valence-electron chi connectivity index (χ1n) is 6.39. The zero-order valence-electron chi connectivity index (χ0n) is 11.7. The number of carbonyl (C=O) groups excluding carboxylic acids is 1. The highest BCUT2D eigenvalue weighted by atomic mass is 16.5. The van der Waals surface area contributed by atoms with Crippen LogP contribution in [0.4, 0.5) is 0 Å². The summed E-state index contributed by atoms with van der Waals surface area (Å²) in [5.74, 6) is 0.791. The van der Waals surface area contributed by atoms with E-state index < -0.39 is 0 Å². The molecule has 0 aromatic carbocycles. The number of hydrogen-bond acceptors (Lipinski definition) is 4. The Labute approximate surface area is 108 Å². The molecule has 0 radical (unpaired) electrons. The fraction of sp³-hybridized carbons (Fsp3) is 0.643. The van der Waals surface area contributed by atoms with E-state index in [0.717, 1.165) is 17.2 Å². The summed E-state index contributed by atoms with van der Waals surface area (Å²) in [7, 11) is 0. The molecule has 1 aromatic heterocycles. The van der Waals surface area contributed by atoms with Crippen molar-refractivity contribution in [3.63, 3.8) is 0 Å². The Kier molecular flexibility index (Phi) is 3.13. The fourth-order valence-corrected chi connectivity index (χ4v) is 2.04. The SMILES string of the molecule is CC(C)c1nc2c(c(C(C)(C)C)n1)C(=O)OCC2. The van der Waals surface area contributed by atoms with Gasteiger partial charge < -0.3 is 4.74 Å². The first-order chi connectivity index (χ1) is 8.30. The standard InChI is InChI=1S/C14H20N2O2/c1-8(2)12-15-9-6-7-18-13(17)10(9)11(16-12)14(3,4)5/h8H,6-7H2,1-5H3. The molecule has 98 valence electrons. The zero-order chi connectivity index (χ0) is 13.5. The summed E-state index contributed by atoms with van der Waals surface area (Å²) in [5.41, 5.74) is 2.04. The van der Waals surface area contributed by atoms with E-state index >= 15 is 0 Å².